The molecule has 1 aromatic carbocycles. The van der Waals surface area contributed by atoms with Crippen molar-refractivity contribution in [3.63, 3.8) is 0 Å². The lowest BCUT2D eigenvalue weighted by Gasteiger charge is -2.16. The third kappa shape index (κ3) is 10.5. The minimum absolute atomic E-state index is 0.115. The summed E-state index contributed by atoms with van der Waals surface area (Å²) < 4.78 is 10.3. The van der Waals surface area contributed by atoms with Crippen LogP contribution in [0.5, 0.6) is 11.5 Å². The summed E-state index contributed by atoms with van der Waals surface area (Å²) in [6.07, 6.45) is 2.72. The first-order valence-corrected chi connectivity index (χ1v) is 12.2. The number of ether oxygens (including phenoxy) is 2. The highest BCUT2D eigenvalue weighted by Gasteiger charge is 2.21. The van der Waals surface area contributed by atoms with Crippen molar-refractivity contribution in [2.75, 3.05) is 25.7 Å². The Balaban J connectivity index is 2.58. The number of hydrogen-bond acceptors (Lipinski definition) is 11. The monoisotopic (exact) mass is 510 g/mol. The molecular weight excluding hydrogens is 480 g/mol. The number of hydrogen-bond donors (Lipinski definition) is 4. The fourth-order valence-corrected chi connectivity index (χ4v) is 4.58. The Bertz CT molecular complexity index is 726. The number of thiol groups is 2. The lowest BCUT2D eigenvalue weighted by molar-refractivity contribution is -0.505. The van der Waals surface area contributed by atoms with Gasteiger partial charge in [-0.05, 0) is 31.1 Å². The molecule has 0 aliphatic heterocycles. The van der Waals surface area contributed by atoms with Gasteiger partial charge in [-0.15, -0.1) is 0 Å². The number of rotatable bonds is 17. The average Bonchev–Trinajstić information content (AvgIpc) is 2.76. The van der Waals surface area contributed by atoms with Crippen LogP contribution in [0.2, 0.25) is 0 Å². The van der Waals surface area contributed by atoms with Gasteiger partial charge < -0.3 is 14.8 Å². The molecule has 1 aromatic rings. The molecular formula is C19H30N2O8S3. The summed E-state index contributed by atoms with van der Waals surface area (Å²) in [6, 6.07) is 2.83. The van der Waals surface area contributed by atoms with Crippen molar-refractivity contribution < 1.29 is 34.4 Å². The van der Waals surface area contributed by atoms with E-state index in [2.05, 4.69) is 40.5 Å². The maximum absolute atomic E-state index is 12.1. The fourth-order valence-electron chi connectivity index (χ4n) is 2.83. The zero-order valence-electron chi connectivity index (χ0n) is 18.0. The number of nitrogens with zero attached hydrogens (tertiary/aromatic N) is 1. The molecule has 0 aromatic heterocycles. The summed E-state index contributed by atoms with van der Waals surface area (Å²) in [5.41, 5.74) is 0.297. The van der Waals surface area contributed by atoms with E-state index in [0.717, 1.165) is 25.0 Å². The Morgan fingerprint density at radius 3 is 2.53 bits per heavy atom. The van der Waals surface area contributed by atoms with Crippen molar-refractivity contribution in [1.29, 1.82) is 0 Å². The number of nitro benzene ring substituents is 1. The highest BCUT2D eigenvalue weighted by Crippen LogP contribution is 2.36. The quantitative estimate of drug-likeness (QED) is 0.0616. The van der Waals surface area contributed by atoms with E-state index in [-0.39, 0.29) is 34.1 Å². The van der Waals surface area contributed by atoms with Gasteiger partial charge >= 0.3 is 0 Å². The van der Waals surface area contributed by atoms with E-state index in [9.17, 15) is 14.9 Å². The van der Waals surface area contributed by atoms with Crippen LogP contribution in [-0.2, 0) is 20.5 Å². The Morgan fingerprint density at radius 1 is 1.25 bits per heavy atom. The smallest absolute Gasteiger partial charge is 0.277 e. The van der Waals surface area contributed by atoms with Gasteiger partial charge in [-0.2, -0.15) is 41.9 Å². The topological polar surface area (TPSA) is 129 Å². The largest absolute Gasteiger partial charge is 0.493 e. The SMILES string of the molecule is COc1cc(CSCC(NC(=O)CCCCC(S)CCS)OOO)c([N+](=O)[O-])cc1OC. The predicted octanol–water partition coefficient (Wildman–Crippen LogP) is 3.89. The van der Waals surface area contributed by atoms with Crippen LogP contribution < -0.4 is 14.8 Å². The van der Waals surface area contributed by atoms with Crippen molar-refractivity contribution in [2.45, 2.75) is 49.3 Å². The van der Waals surface area contributed by atoms with Crippen LogP contribution in [0.3, 0.4) is 0 Å². The van der Waals surface area contributed by atoms with Gasteiger partial charge in [-0.1, -0.05) is 11.5 Å². The van der Waals surface area contributed by atoms with Crippen molar-refractivity contribution in [2.24, 2.45) is 0 Å². The molecule has 0 bridgehead atoms. The fraction of sp³-hybridized carbons (Fsp3) is 0.632. The molecule has 0 aliphatic rings. The molecule has 0 spiro atoms. The summed E-state index contributed by atoms with van der Waals surface area (Å²) in [5, 5.41) is 26.6. The number of thioether (sulfide) groups is 1. The lowest BCUT2D eigenvalue weighted by atomic mass is 10.1. The zero-order valence-corrected chi connectivity index (χ0v) is 20.6. The maximum atomic E-state index is 12.1. The van der Waals surface area contributed by atoms with E-state index in [1.54, 1.807) is 0 Å². The second-order valence-corrected chi connectivity index (χ2v) is 8.95. The molecule has 0 aliphatic carbocycles. The third-order valence-corrected chi connectivity index (χ3v) is 6.27. The maximum Gasteiger partial charge on any atom is 0.277 e. The van der Waals surface area contributed by atoms with Crippen LogP contribution in [0.1, 0.15) is 37.7 Å². The molecule has 1 rings (SSSR count). The number of nitro groups is 1. The molecule has 0 heterocycles. The van der Waals surface area contributed by atoms with Gasteiger partial charge in [0.15, 0.2) is 17.7 Å². The van der Waals surface area contributed by atoms with Gasteiger partial charge in [0.25, 0.3) is 5.69 Å². The Hall–Kier alpha value is -1.38. The lowest BCUT2D eigenvalue weighted by Crippen LogP contribution is -2.38. The van der Waals surface area contributed by atoms with Crippen LogP contribution in [0, 0.1) is 10.1 Å². The number of benzene rings is 1. The number of carbonyl (C=O) groups is 1. The second-order valence-electron chi connectivity index (χ2n) is 6.75. The van der Waals surface area contributed by atoms with Gasteiger partial charge in [-0.25, -0.2) is 5.26 Å². The highest BCUT2D eigenvalue weighted by molar-refractivity contribution is 7.98. The number of nitrogens with one attached hydrogen (secondary N) is 1. The first kappa shape index (κ1) is 28.7. The van der Waals surface area contributed by atoms with E-state index in [1.165, 1.54) is 38.1 Å². The number of unbranched alkanes of at least 4 members (excludes halogenated alkanes) is 1. The summed E-state index contributed by atoms with van der Waals surface area (Å²) in [7, 11) is 2.84. The van der Waals surface area contributed by atoms with E-state index >= 15 is 0 Å². The van der Waals surface area contributed by atoms with Crippen molar-refractivity contribution >= 4 is 48.6 Å². The Kier molecular flexibility index (Phi) is 14.6. The van der Waals surface area contributed by atoms with Crippen LogP contribution in [-0.4, -0.2) is 53.3 Å². The first-order valence-electron chi connectivity index (χ1n) is 9.88. The minimum Gasteiger partial charge on any atom is -0.493 e. The van der Waals surface area contributed by atoms with Gasteiger partial charge in [0, 0.05) is 28.7 Å². The number of amides is 1. The molecule has 32 heavy (non-hydrogen) atoms. The van der Waals surface area contributed by atoms with Crippen LogP contribution in [0.15, 0.2) is 12.1 Å². The average molecular weight is 511 g/mol. The predicted molar refractivity (Wildman–Crippen MR) is 129 cm³/mol. The van der Waals surface area contributed by atoms with E-state index in [0.29, 0.717) is 24.2 Å². The van der Waals surface area contributed by atoms with Crippen molar-refractivity contribution in [3.05, 3.63) is 27.8 Å². The Labute approximate surface area is 202 Å². The normalized spacial score (nSPS) is 12.8. The molecule has 2 N–H and O–H groups in total. The van der Waals surface area contributed by atoms with E-state index in [1.807, 2.05) is 0 Å². The van der Waals surface area contributed by atoms with Crippen LogP contribution in [0.4, 0.5) is 5.69 Å². The van der Waals surface area contributed by atoms with E-state index in [4.69, 9.17) is 14.7 Å². The minimum atomic E-state index is -0.932. The first-order chi connectivity index (χ1) is 15.4. The van der Waals surface area contributed by atoms with Crippen molar-refractivity contribution in [3.8, 4) is 11.5 Å². The molecule has 2 unspecified atom stereocenters. The third-order valence-electron chi connectivity index (χ3n) is 4.44. The van der Waals surface area contributed by atoms with Crippen LogP contribution >= 0.6 is 37.0 Å². The highest BCUT2D eigenvalue weighted by atomic mass is 32.2. The molecule has 0 saturated heterocycles. The molecule has 0 fully saturated rings. The second kappa shape index (κ2) is 16.3. The molecule has 10 nitrogen and oxygen atoms in total. The summed E-state index contributed by atoms with van der Waals surface area (Å²) in [5.74, 6) is 1.55. The standard InChI is InChI=1S/C19H30N2O8S3/c1-26-16-9-13(15(21(23)24)10-17(16)27-2)11-32-12-19(28-29-25)20-18(22)6-4-3-5-14(31)7-8-30/h9-10,14,19,25,30-31H,3-8,11-12H2,1-2H3,(H,20,22). The van der Waals surface area contributed by atoms with E-state index < -0.39 is 11.2 Å². The van der Waals surface area contributed by atoms with Gasteiger partial charge in [0.05, 0.1) is 25.2 Å². The summed E-state index contributed by atoms with van der Waals surface area (Å²) in [4.78, 5) is 27.7. The summed E-state index contributed by atoms with van der Waals surface area (Å²) in [6.45, 7) is 0. The molecule has 0 radical (unpaired) electrons. The zero-order chi connectivity index (χ0) is 23.9. The molecule has 0 saturated carbocycles. The van der Waals surface area contributed by atoms with Crippen molar-refractivity contribution in [1.82, 2.24) is 5.32 Å². The molecule has 182 valence electrons. The van der Waals surface area contributed by atoms with Crippen LogP contribution in [0.25, 0.3) is 0 Å². The molecule has 13 heteroatoms. The molecule has 1 amide bonds. The van der Waals surface area contributed by atoms with Gasteiger partial charge in [0.2, 0.25) is 5.91 Å². The van der Waals surface area contributed by atoms with Gasteiger partial charge in [-0.3, -0.25) is 14.9 Å². The van der Waals surface area contributed by atoms with Gasteiger partial charge in [0.1, 0.15) is 0 Å². The molecule has 2 atom stereocenters. The Morgan fingerprint density at radius 2 is 1.94 bits per heavy atom. The number of methoxy groups -OCH3 is 2. The summed E-state index contributed by atoms with van der Waals surface area (Å²) >= 11 is 9.88. The number of carbonyl (C=O) groups excluding carboxylic acids is 1.